The number of nitrogens with one attached hydrogen (secondary N) is 1. The first-order valence-electron chi connectivity index (χ1n) is 3.77. The fraction of sp³-hybridized carbons (Fsp3) is 0.625. The Bertz CT molecular complexity index is 164. The van der Waals surface area contributed by atoms with Crippen molar-refractivity contribution in [3.8, 4) is 0 Å². The number of rotatable bonds is 4. The van der Waals surface area contributed by atoms with Crippen molar-refractivity contribution in [2.24, 2.45) is 5.73 Å². The maximum atomic E-state index is 10.6. The molecule has 12 heavy (non-hydrogen) atoms. The van der Waals surface area contributed by atoms with Crippen LogP contribution in [0, 0.1) is 0 Å². The molecule has 0 fully saturated rings. The zero-order chi connectivity index (χ0) is 8.85. The van der Waals surface area contributed by atoms with E-state index in [1.807, 2.05) is 20.0 Å². The predicted molar refractivity (Wildman–Crippen MR) is 53.3 cm³/mol. The van der Waals surface area contributed by atoms with Crippen molar-refractivity contribution >= 4 is 18.3 Å². The van der Waals surface area contributed by atoms with E-state index in [-0.39, 0.29) is 24.4 Å². The van der Waals surface area contributed by atoms with Gasteiger partial charge in [0.05, 0.1) is 0 Å². The average molecular weight is 193 g/mol. The zero-order valence-corrected chi connectivity index (χ0v) is 8.57. The van der Waals surface area contributed by atoms with Crippen LogP contribution in [0.5, 0.6) is 0 Å². The molecule has 0 aliphatic carbocycles. The van der Waals surface area contributed by atoms with E-state index < -0.39 is 0 Å². The summed E-state index contributed by atoms with van der Waals surface area (Å²) in [5.74, 6) is -0.348. The number of primary amides is 1. The highest BCUT2D eigenvalue weighted by atomic mass is 35.5. The van der Waals surface area contributed by atoms with Crippen LogP contribution in [-0.4, -0.2) is 19.0 Å². The van der Waals surface area contributed by atoms with Crippen LogP contribution in [0.1, 0.15) is 20.3 Å². The van der Waals surface area contributed by atoms with Gasteiger partial charge in [-0.15, -0.1) is 12.4 Å². The van der Waals surface area contributed by atoms with E-state index in [9.17, 15) is 4.79 Å². The van der Waals surface area contributed by atoms with Crippen molar-refractivity contribution in [1.82, 2.24) is 5.32 Å². The lowest BCUT2D eigenvalue weighted by molar-refractivity contribution is -0.114. The third kappa shape index (κ3) is 5.16. The maximum absolute atomic E-state index is 10.6. The fourth-order valence-electron chi connectivity index (χ4n) is 0.789. The number of hydrogen-bond donors (Lipinski definition) is 2. The summed E-state index contributed by atoms with van der Waals surface area (Å²) < 4.78 is 0. The highest BCUT2D eigenvalue weighted by Gasteiger charge is 2.01. The van der Waals surface area contributed by atoms with E-state index in [4.69, 9.17) is 5.73 Å². The minimum absolute atomic E-state index is 0. The van der Waals surface area contributed by atoms with Gasteiger partial charge >= 0.3 is 0 Å². The van der Waals surface area contributed by atoms with Crippen molar-refractivity contribution in [2.45, 2.75) is 26.3 Å². The molecule has 1 unspecified atom stereocenters. The van der Waals surface area contributed by atoms with Crippen LogP contribution in [0.15, 0.2) is 11.6 Å². The van der Waals surface area contributed by atoms with Crippen LogP contribution < -0.4 is 11.1 Å². The smallest absolute Gasteiger partial charge is 0.244 e. The summed E-state index contributed by atoms with van der Waals surface area (Å²) in [5.41, 5.74) is 5.68. The van der Waals surface area contributed by atoms with E-state index in [0.29, 0.717) is 5.57 Å². The Hall–Kier alpha value is -0.540. The van der Waals surface area contributed by atoms with Gasteiger partial charge in [0.1, 0.15) is 0 Å². The van der Waals surface area contributed by atoms with Crippen molar-refractivity contribution in [3.63, 3.8) is 0 Å². The molecule has 72 valence electrons. The van der Waals surface area contributed by atoms with Gasteiger partial charge in [-0.3, -0.25) is 4.79 Å². The van der Waals surface area contributed by atoms with Crippen molar-refractivity contribution in [2.75, 3.05) is 7.05 Å². The topological polar surface area (TPSA) is 55.1 Å². The van der Waals surface area contributed by atoms with Crippen LogP contribution in [0.25, 0.3) is 0 Å². The van der Waals surface area contributed by atoms with Crippen LogP contribution >= 0.6 is 12.4 Å². The second-order valence-corrected chi connectivity index (χ2v) is 2.52. The summed E-state index contributed by atoms with van der Waals surface area (Å²) in [5, 5.41) is 3.05. The van der Waals surface area contributed by atoms with E-state index in [2.05, 4.69) is 5.32 Å². The van der Waals surface area contributed by atoms with Gasteiger partial charge in [-0.05, 0) is 20.4 Å². The average Bonchev–Trinajstić information content (AvgIpc) is 1.99. The molecule has 0 saturated heterocycles. The van der Waals surface area contributed by atoms with Gasteiger partial charge in [-0.1, -0.05) is 13.0 Å². The molecule has 4 heteroatoms. The first-order chi connectivity index (χ1) is 5.11. The highest BCUT2D eigenvalue weighted by Crippen LogP contribution is 1.97. The molecule has 0 radical (unpaired) electrons. The molecule has 1 atom stereocenters. The lowest BCUT2D eigenvalue weighted by Gasteiger charge is -2.08. The molecular formula is C8H17ClN2O. The third-order valence-electron chi connectivity index (χ3n) is 1.65. The van der Waals surface area contributed by atoms with E-state index in [1.54, 1.807) is 6.92 Å². The Morgan fingerprint density at radius 3 is 2.42 bits per heavy atom. The standard InChI is InChI=1S/C8H16N2O.ClH/c1-4-7(10-3)5-6(2)8(9)11;/h5,7,10H,4H2,1-3H3,(H2,9,11);1H. The SMILES string of the molecule is CCC(C=C(C)C(N)=O)NC.Cl. The minimum Gasteiger partial charge on any atom is -0.366 e. The van der Waals surface area contributed by atoms with Gasteiger partial charge in [0.15, 0.2) is 0 Å². The number of carbonyl (C=O) groups is 1. The van der Waals surface area contributed by atoms with Crippen molar-refractivity contribution < 1.29 is 4.79 Å². The van der Waals surface area contributed by atoms with Crippen LogP contribution in [-0.2, 0) is 4.79 Å². The normalized spacial score (nSPS) is 13.4. The largest absolute Gasteiger partial charge is 0.366 e. The summed E-state index contributed by atoms with van der Waals surface area (Å²) in [6, 6.07) is 0.252. The Balaban J connectivity index is 0. The quantitative estimate of drug-likeness (QED) is 0.649. The number of halogens is 1. The fourth-order valence-corrected chi connectivity index (χ4v) is 0.789. The van der Waals surface area contributed by atoms with Gasteiger partial charge < -0.3 is 11.1 Å². The molecule has 1 amide bonds. The van der Waals surface area contributed by atoms with E-state index in [0.717, 1.165) is 6.42 Å². The lowest BCUT2D eigenvalue weighted by Crippen LogP contribution is -2.23. The van der Waals surface area contributed by atoms with Gasteiger partial charge in [0, 0.05) is 11.6 Å². The monoisotopic (exact) mass is 192 g/mol. The molecule has 3 nitrogen and oxygen atoms in total. The number of likely N-dealkylation sites (N-methyl/N-ethyl adjacent to an activating group) is 1. The molecule has 0 spiro atoms. The van der Waals surface area contributed by atoms with Gasteiger partial charge in [-0.25, -0.2) is 0 Å². The maximum Gasteiger partial charge on any atom is 0.244 e. The Morgan fingerprint density at radius 2 is 2.17 bits per heavy atom. The summed E-state index contributed by atoms with van der Waals surface area (Å²) in [6.07, 6.45) is 2.81. The second kappa shape index (κ2) is 7.13. The van der Waals surface area contributed by atoms with E-state index >= 15 is 0 Å². The first kappa shape index (κ1) is 14.0. The van der Waals surface area contributed by atoms with Gasteiger partial charge in [0.25, 0.3) is 0 Å². The summed E-state index contributed by atoms with van der Waals surface area (Å²) in [4.78, 5) is 10.6. The lowest BCUT2D eigenvalue weighted by atomic mass is 10.1. The molecule has 0 bridgehead atoms. The molecule has 0 saturated carbocycles. The molecule has 3 N–H and O–H groups in total. The summed E-state index contributed by atoms with van der Waals surface area (Å²) in [7, 11) is 1.86. The molecule has 0 rings (SSSR count). The van der Waals surface area contributed by atoms with Crippen LogP contribution in [0.4, 0.5) is 0 Å². The molecule has 0 heterocycles. The van der Waals surface area contributed by atoms with Gasteiger partial charge in [-0.2, -0.15) is 0 Å². The summed E-state index contributed by atoms with van der Waals surface area (Å²) >= 11 is 0. The number of amides is 1. The predicted octanol–water partition coefficient (Wildman–Crippen LogP) is 0.838. The second-order valence-electron chi connectivity index (χ2n) is 2.52. The van der Waals surface area contributed by atoms with Crippen molar-refractivity contribution in [1.29, 1.82) is 0 Å². The molecule has 0 aromatic heterocycles. The number of hydrogen-bond acceptors (Lipinski definition) is 2. The molecular weight excluding hydrogens is 176 g/mol. The highest BCUT2D eigenvalue weighted by molar-refractivity contribution is 5.91. The molecule has 0 aliphatic heterocycles. The van der Waals surface area contributed by atoms with Crippen LogP contribution in [0.3, 0.4) is 0 Å². The number of nitrogens with two attached hydrogens (primary N) is 1. The Morgan fingerprint density at radius 1 is 1.67 bits per heavy atom. The van der Waals surface area contributed by atoms with Crippen LogP contribution in [0.2, 0.25) is 0 Å². The molecule has 0 aliphatic rings. The first-order valence-corrected chi connectivity index (χ1v) is 3.77. The number of carbonyl (C=O) groups excluding carboxylic acids is 1. The molecule has 0 aromatic rings. The van der Waals surface area contributed by atoms with Crippen molar-refractivity contribution in [3.05, 3.63) is 11.6 Å². The minimum atomic E-state index is -0.348. The Labute approximate surface area is 79.8 Å². The molecule has 0 aromatic carbocycles. The van der Waals surface area contributed by atoms with E-state index in [1.165, 1.54) is 0 Å². The summed E-state index contributed by atoms with van der Waals surface area (Å²) in [6.45, 7) is 3.77. The third-order valence-corrected chi connectivity index (χ3v) is 1.65. The Kier molecular flexibility index (Phi) is 8.32. The van der Waals surface area contributed by atoms with Gasteiger partial charge in [0.2, 0.25) is 5.91 Å². The zero-order valence-electron chi connectivity index (χ0n) is 7.76.